The Labute approximate surface area is 111 Å². The van der Waals surface area contributed by atoms with E-state index in [1.165, 1.54) is 37.7 Å². The number of hydrogen-bond donors (Lipinski definition) is 1. The lowest BCUT2D eigenvalue weighted by atomic mass is 10.1. The van der Waals surface area contributed by atoms with Gasteiger partial charge in [-0.25, -0.2) is 0 Å². The molecule has 0 radical (unpaired) electrons. The highest BCUT2D eigenvalue weighted by Gasteiger charge is 2.04. The van der Waals surface area contributed by atoms with E-state index in [0.717, 1.165) is 11.6 Å². The second-order valence-corrected chi connectivity index (χ2v) is 5.08. The molecule has 96 valence electrons. The van der Waals surface area contributed by atoms with Gasteiger partial charge in [-0.2, -0.15) is 0 Å². The van der Waals surface area contributed by atoms with Gasteiger partial charge in [0.15, 0.2) is 0 Å². The molecule has 0 unspecified atom stereocenters. The SMILES string of the molecule is CCCCCCCN[C@@H](C)c1cccc(Cl)c1. The molecule has 1 atom stereocenters. The molecule has 0 aliphatic carbocycles. The molecule has 0 amide bonds. The lowest BCUT2D eigenvalue weighted by Crippen LogP contribution is -2.19. The maximum absolute atomic E-state index is 5.98. The third kappa shape index (κ3) is 6.09. The molecular formula is C15H24ClN. The molecule has 1 rings (SSSR count). The van der Waals surface area contributed by atoms with Gasteiger partial charge in [0.05, 0.1) is 0 Å². The Balaban J connectivity index is 2.19. The summed E-state index contributed by atoms with van der Waals surface area (Å²) >= 11 is 5.98. The van der Waals surface area contributed by atoms with Crippen LogP contribution in [0.15, 0.2) is 24.3 Å². The fraction of sp³-hybridized carbons (Fsp3) is 0.600. The van der Waals surface area contributed by atoms with E-state index in [1.807, 2.05) is 18.2 Å². The largest absolute Gasteiger partial charge is 0.310 e. The summed E-state index contributed by atoms with van der Waals surface area (Å²) in [6, 6.07) is 8.48. The van der Waals surface area contributed by atoms with E-state index < -0.39 is 0 Å². The lowest BCUT2D eigenvalue weighted by Gasteiger charge is -2.14. The third-order valence-corrected chi connectivity index (χ3v) is 3.31. The summed E-state index contributed by atoms with van der Waals surface area (Å²) < 4.78 is 0. The van der Waals surface area contributed by atoms with Crippen LogP contribution < -0.4 is 5.32 Å². The van der Waals surface area contributed by atoms with Crippen LogP contribution >= 0.6 is 11.6 Å². The molecule has 1 aromatic carbocycles. The Morgan fingerprint density at radius 1 is 1.18 bits per heavy atom. The van der Waals surface area contributed by atoms with E-state index in [-0.39, 0.29) is 0 Å². The van der Waals surface area contributed by atoms with E-state index in [4.69, 9.17) is 11.6 Å². The van der Waals surface area contributed by atoms with Crippen molar-refractivity contribution in [3.63, 3.8) is 0 Å². The topological polar surface area (TPSA) is 12.0 Å². The minimum atomic E-state index is 0.389. The second kappa shape index (κ2) is 8.54. The molecule has 0 heterocycles. The van der Waals surface area contributed by atoms with Crippen molar-refractivity contribution in [2.24, 2.45) is 0 Å². The summed E-state index contributed by atoms with van der Waals surface area (Å²) in [7, 11) is 0. The van der Waals surface area contributed by atoms with Crippen LogP contribution in [0.25, 0.3) is 0 Å². The van der Waals surface area contributed by atoms with Crippen LogP contribution in [0.4, 0.5) is 0 Å². The molecular weight excluding hydrogens is 230 g/mol. The monoisotopic (exact) mass is 253 g/mol. The fourth-order valence-electron chi connectivity index (χ4n) is 1.94. The summed E-state index contributed by atoms with van der Waals surface area (Å²) in [4.78, 5) is 0. The van der Waals surface area contributed by atoms with Crippen LogP contribution in [0, 0.1) is 0 Å². The lowest BCUT2D eigenvalue weighted by molar-refractivity contribution is 0.531. The predicted molar refractivity (Wildman–Crippen MR) is 76.6 cm³/mol. The van der Waals surface area contributed by atoms with Crippen LogP contribution in [0.1, 0.15) is 57.6 Å². The van der Waals surface area contributed by atoms with E-state index >= 15 is 0 Å². The summed E-state index contributed by atoms with van der Waals surface area (Å²) in [6.07, 6.45) is 6.65. The number of benzene rings is 1. The van der Waals surface area contributed by atoms with E-state index in [1.54, 1.807) is 0 Å². The van der Waals surface area contributed by atoms with Gasteiger partial charge in [0.25, 0.3) is 0 Å². The van der Waals surface area contributed by atoms with Gasteiger partial charge in [-0.15, -0.1) is 0 Å². The van der Waals surface area contributed by atoms with Gasteiger partial charge in [-0.3, -0.25) is 0 Å². The summed E-state index contributed by atoms with van der Waals surface area (Å²) in [6.45, 7) is 5.54. The number of nitrogens with one attached hydrogen (secondary N) is 1. The van der Waals surface area contributed by atoms with Gasteiger partial charge in [0.1, 0.15) is 0 Å². The van der Waals surface area contributed by atoms with Crippen molar-refractivity contribution < 1.29 is 0 Å². The normalized spacial score (nSPS) is 12.6. The highest BCUT2D eigenvalue weighted by atomic mass is 35.5. The molecule has 0 spiro atoms. The van der Waals surface area contributed by atoms with Crippen molar-refractivity contribution in [3.8, 4) is 0 Å². The Bertz CT molecular complexity index is 312. The van der Waals surface area contributed by atoms with E-state index in [9.17, 15) is 0 Å². The second-order valence-electron chi connectivity index (χ2n) is 4.65. The molecule has 0 aliphatic heterocycles. The minimum Gasteiger partial charge on any atom is -0.310 e. The van der Waals surface area contributed by atoms with Gasteiger partial charge < -0.3 is 5.32 Å². The van der Waals surface area contributed by atoms with Crippen LogP contribution in [0.5, 0.6) is 0 Å². The zero-order valence-corrected chi connectivity index (χ0v) is 11.8. The molecule has 0 bridgehead atoms. The molecule has 0 saturated heterocycles. The summed E-state index contributed by atoms with van der Waals surface area (Å²) in [5, 5.41) is 4.36. The third-order valence-electron chi connectivity index (χ3n) is 3.08. The van der Waals surface area contributed by atoms with Crippen molar-refractivity contribution in [2.75, 3.05) is 6.54 Å². The smallest absolute Gasteiger partial charge is 0.0409 e. The molecule has 1 N–H and O–H groups in total. The Morgan fingerprint density at radius 2 is 1.94 bits per heavy atom. The molecule has 1 aromatic rings. The number of halogens is 1. The molecule has 1 nitrogen and oxygen atoms in total. The fourth-order valence-corrected chi connectivity index (χ4v) is 2.14. The van der Waals surface area contributed by atoms with Crippen LogP contribution in [0.3, 0.4) is 0 Å². The van der Waals surface area contributed by atoms with Gasteiger partial charge in [-0.05, 0) is 37.6 Å². The van der Waals surface area contributed by atoms with Crippen LogP contribution in [0.2, 0.25) is 5.02 Å². The quantitative estimate of drug-likeness (QED) is 0.646. The van der Waals surface area contributed by atoms with Gasteiger partial charge in [-0.1, -0.05) is 56.3 Å². The molecule has 0 saturated carbocycles. The van der Waals surface area contributed by atoms with Crippen molar-refractivity contribution in [1.29, 1.82) is 0 Å². The zero-order valence-electron chi connectivity index (χ0n) is 11.0. The first-order valence-electron chi connectivity index (χ1n) is 6.73. The predicted octanol–water partition coefficient (Wildman–Crippen LogP) is 4.96. The Morgan fingerprint density at radius 3 is 2.65 bits per heavy atom. The molecule has 0 fully saturated rings. The number of unbranched alkanes of at least 4 members (excludes halogenated alkanes) is 4. The standard InChI is InChI=1S/C15H24ClN/c1-3-4-5-6-7-11-17-13(2)14-9-8-10-15(16)12-14/h8-10,12-13,17H,3-7,11H2,1-2H3/t13-/m0/s1. The molecule has 17 heavy (non-hydrogen) atoms. The highest BCUT2D eigenvalue weighted by Crippen LogP contribution is 2.17. The van der Waals surface area contributed by atoms with Crippen LogP contribution in [-0.2, 0) is 0 Å². The van der Waals surface area contributed by atoms with Crippen molar-refractivity contribution in [2.45, 2.75) is 52.0 Å². The van der Waals surface area contributed by atoms with Gasteiger partial charge >= 0.3 is 0 Å². The molecule has 2 heteroatoms. The van der Waals surface area contributed by atoms with E-state index in [0.29, 0.717) is 6.04 Å². The number of hydrogen-bond acceptors (Lipinski definition) is 1. The van der Waals surface area contributed by atoms with E-state index in [2.05, 4.69) is 25.2 Å². The van der Waals surface area contributed by atoms with Crippen molar-refractivity contribution in [3.05, 3.63) is 34.9 Å². The molecule has 0 aromatic heterocycles. The first kappa shape index (κ1) is 14.5. The Kier molecular flexibility index (Phi) is 7.30. The van der Waals surface area contributed by atoms with Crippen molar-refractivity contribution in [1.82, 2.24) is 5.32 Å². The summed E-state index contributed by atoms with van der Waals surface area (Å²) in [5.41, 5.74) is 1.27. The van der Waals surface area contributed by atoms with Gasteiger partial charge in [0, 0.05) is 11.1 Å². The first-order valence-corrected chi connectivity index (χ1v) is 7.10. The summed E-state index contributed by atoms with van der Waals surface area (Å²) in [5.74, 6) is 0. The first-order chi connectivity index (χ1) is 8.24. The maximum Gasteiger partial charge on any atom is 0.0409 e. The average molecular weight is 254 g/mol. The highest BCUT2D eigenvalue weighted by molar-refractivity contribution is 6.30. The number of rotatable bonds is 8. The van der Waals surface area contributed by atoms with Gasteiger partial charge in [0.2, 0.25) is 0 Å². The maximum atomic E-state index is 5.98. The van der Waals surface area contributed by atoms with Crippen LogP contribution in [-0.4, -0.2) is 6.54 Å². The Hall–Kier alpha value is -0.530. The van der Waals surface area contributed by atoms with Crippen molar-refractivity contribution >= 4 is 11.6 Å². The minimum absolute atomic E-state index is 0.389. The zero-order chi connectivity index (χ0) is 12.5. The average Bonchev–Trinajstić information content (AvgIpc) is 2.33. The molecule has 0 aliphatic rings.